The largest absolute Gasteiger partial charge is 0.480 e. The Morgan fingerprint density at radius 1 is 1.32 bits per heavy atom. The number of rotatable bonds is 9. The minimum Gasteiger partial charge on any atom is -0.480 e. The third kappa shape index (κ3) is 5.75. The second-order valence-electron chi connectivity index (χ2n) is 3.85. The number of carboxylic acid groups (broad SMARTS) is 2. The number of hydrogen-bond donors (Lipinski definition) is 4. The standard InChI is InChI=1S/C11H18N2O5S/c1-2-5-13(8(6-19)11(17)18)9(14)4-3-7(12)10(15)16/h2,7-8,19H,1,3-6,12H2,(H,15,16)(H,17,18). The second-order valence-corrected chi connectivity index (χ2v) is 4.22. The zero-order valence-electron chi connectivity index (χ0n) is 10.4. The van der Waals surface area contributed by atoms with Crippen LogP contribution in [0.25, 0.3) is 0 Å². The van der Waals surface area contributed by atoms with Crippen molar-refractivity contribution in [2.75, 3.05) is 12.3 Å². The molecule has 0 radical (unpaired) electrons. The van der Waals surface area contributed by atoms with Crippen LogP contribution < -0.4 is 5.73 Å². The predicted molar refractivity (Wildman–Crippen MR) is 72.0 cm³/mol. The Labute approximate surface area is 116 Å². The number of nitrogens with two attached hydrogens (primary N) is 1. The Balaban J connectivity index is 4.69. The van der Waals surface area contributed by atoms with Crippen molar-refractivity contribution < 1.29 is 24.6 Å². The van der Waals surface area contributed by atoms with Crippen molar-refractivity contribution in [1.82, 2.24) is 4.90 Å². The third-order valence-corrected chi connectivity index (χ3v) is 2.81. The summed E-state index contributed by atoms with van der Waals surface area (Å²) in [7, 11) is 0. The van der Waals surface area contributed by atoms with Crippen LogP contribution in [0, 0.1) is 0 Å². The molecule has 0 fully saturated rings. The first kappa shape index (κ1) is 17.5. The molecule has 0 heterocycles. The fourth-order valence-corrected chi connectivity index (χ4v) is 1.75. The SMILES string of the molecule is C=CCN(C(=O)CCC(N)C(=O)O)C(CS)C(=O)O. The van der Waals surface area contributed by atoms with E-state index in [2.05, 4.69) is 19.2 Å². The van der Waals surface area contributed by atoms with Gasteiger partial charge in [0.1, 0.15) is 12.1 Å². The first-order valence-electron chi connectivity index (χ1n) is 5.57. The van der Waals surface area contributed by atoms with E-state index >= 15 is 0 Å². The number of carbonyl (C=O) groups is 3. The van der Waals surface area contributed by atoms with Gasteiger partial charge in [0, 0.05) is 18.7 Å². The minimum atomic E-state index is -1.20. The van der Waals surface area contributed by atoms with Crippen LogP contribution in [-0.2, 0) is 14.4 Å². The van der Waals surface area contributed by atoms with Gasteiger partial charge in [-0.15, -0.1) is 6.58 Å². The fraction of sp³-hybridized carbons (Fsp3) is 0.545. The summed E-state index contributed by atoms with van der Waals surface area (Å²) in [5.74, 6) is -2.90. The van der Waals surface area contributed by atoms with Crippen molar-refractivity contribution in [3.63, 3.8) is 0 Å². The molecule has 2 unspecified atom stereocenters. The van der Waals surface area contributed by atoms with Gasteiger partial charge in [-0.2, -0.15) is 12.6 Å². The summed E-state index contributed by atoms with van der Waals surface area (Å²) in [6.45, 7) is 3.51. The van der Waals surface area contributed by atoms with Gasteiger partial charge in [-0.3, -0.25) is 9.59 Å². The van der Waals surface area contributed by atoms with Crippen molar-refractivity contribution in [3.8, 4) is 0 Å². The molecule has 0 saturated carbocycles. The van der Waals surface area contributed by atoms with Gasteiger partial charge in [0.2, 0.25) is 5.91 Å². The van der Waals surface area contributed by atoms with Gasteiger partial charge >= 0.3 is 11.9 Å². The molecule has 0 aromatic carbocycles. The van der Waals surface area contributed by atoms with Gasteiger partial charge in [-0.1, -0.05) is 6.08 Å². The van der Waals surface area contributed by atoms with Gasteiger partial charge in [0.15, 0.2) is 0 Å². The molecule has 7 nitrogen and oxygen atoms in total. The zero-order chi connectivity index (χ0) is 15.0. The van der Waals surface area contributed by atoms with E-state index in [1.54, 1.807) is 0 Å². The molecule has 1 amide bonds. The highest BCUT2D eigenvalue weighted by molar-refractivity contribution is 7.80. The van der Waals surface area contributed by atoms with E-state index in [1.165, 1.54) is 6.08 Å². The Bertz CT molecular complexity index is 361. The average molecular weight is 290 g/mol. The molecule has 0 aliphatic carbocycles. The van der Waals surface area contributed by atoms with Crippen molar-refractivity contribution >= 4 is 30.5 Å². The van der Waals surface area contributed by atoms with Gasteiger partial charge in [0.25, 0.3) is 0 Å². The minimum absolute atomic E-state index is 0.0418. The maximum absolute atomic E-state index is 11.9. The first-order valence-corrected chi connectivity index (χ1v) is 6.20. The second kappa shape index (κ2) is 8.54. The van der Waals surface area contributed by atoms with Crippen LogP contribution in [0.15, 0.2) is 12.7 Å². The number of carboxylic acids is 2. The lowest BCUT2D eigenvalue weighted by molar-refractivity contribution is -0.149. The van der Waals surface area contributed by atoms with E-state index in [9.17, 15) is 14.4 Å². The number of nitrogens with zero attached hydrogens (tertiary/aromatic N) is 1. The number of aliphatic carboxylic acids is 2. The van der Waals surface area contributed by atoms with E-state index in [0.717, 1.165) is 4.90 Å². The van der Waals surface area contributed by atoms with Gasteiger partial charge < -0.3 is 20.8 Å². The van der Waals surface area contributed by atoms with E-state index in [0.29, 0.717) is 0 Å². The highest BCUT2D eigenvalue weighted by Crippen LogP contribution is 2.08. The molecular formula is C11H18N2O5S. The van der Waals surface area contributed by atoms with Crippen LogP contribution in [0.2, 0.25) is 0 Å². The van der Waals surface area contributed by atoms with Crippen LogP contribution in [0.5, 0.6) is 0 Å². The lowest BCUT2D eigenvalue weighted by Crippen LogP contribution is -2.46. The molecule has 0 aliphatic rings. The molecule has 108 valence electrons. The Kier molecular flexibility index (Phi) is 7.85. The molecule has 0 aromatic heterocycles. The van der Waals surface area contributed by atoms with Gasteiger partial charge in [0.05, 0.1) is 0 Å². The van der Waals surface area contributed by atoms with Crippen LogP contribution in [0.3, 0.4) is 0 Å². The normalized spacial score (nSPS) is 13.4. The number of thiol groups is 1. The van der Waals surface area contributed by atoms with Crippen molar-refractivity contribution in [3.05, 3.63) is 12.7 Å². The molecule has 0 bridgehead atoms. The number of amides is 1. The van der Waals surface area contributed by atoms with E-state index < -0.39 is 29.9 Å². The van der Waals surface area contributed by atoms with E-state index in [1.807, 2.05) is 0 Å². The topological polar surface area (TPSA) is 121 Å². The van der Waals surface area contributed by atoms with Crippen molar-refractivity contribution in [2.45, 2.75) is 24.9 Å². The Hall–Kier alpha value is -1.54. The lowest BCUT2D eigenvalue weighted by atomic mass is 10.1. The quantitative estimate of drug-likeness (QED) is 0.338. The summed E-state index contributed by atoms with van der Waals surface area (Å²) in [6.07, 6.45) is 1.20. The van der Waals surface area contributed by atoms with E-state index in [4.69, 9.17) is 15.9 Å². The molecule has 0 spiro atoms. The number of hydrogen-bond acceptors (Lipinski definition) is 5. The fourth-order valence-electron chi connectivity index (χ4n) is 1.40. The molecular weight excluding hydrogens is 272 g/mol. The molecule has 0 aromatic rings. The van der Waals surface area contributed by atoms with Crippen molar-refractivity contribution in [2.24, 2.45) is 5.73 Å². The zero-order valence-corrected chi connectivity index (χ0v) is 11.3. The Morgan fingerprint density at radius 3 is 2.26 bits per heavy atom. The smallest absolute Gasteiger partial charge is 0.327 e. The summed E-state index contributed by atoms with van der Waals surface area (Å²) in [4.78, 5) is 34.5. The lowest BCUT2D eigenvalue weighted by Gasteiger charge is -2.27. The highest BCUT2D eigenvalue weighted by atomic mass is 32.1. The van der Waals surface area contributed by atoms with E-state index in [-0.39, 0.29) is 25.1 Å². The predicted octanol–water partition coefficient (Wildman–Crippen LogP) is -0.424. The van der Waals surface area contributed by atoms with Crippen LogP contribution in [0.4, 0.5) is 0 Å². The maximum Gasteiger partial charge on any atom is 0.327 e. The van der Waals surface area contributed by atoms with Crippen LogP contribution in [0.1, 0.15) is 12.8 Å². The molecule has 0 saturated heterocycles. The van der Waals surface area contributed by atoms with Gasteiger partial charge in [-0.05, 0) is 6.42 Å². The highest BCUT2D eigenvalue weighted by Gasteiger charge is 2.28. The van der Waals surface area contributed by atoms with Crippen LogP contribution >= 0.6 is 12.6 Å². The molecule has 0 aliphatic heterocycles. The van der Waals surface area contributed by atoms with Crippen molar-refractivity contribution in [1.29, 1.82) is 0 Å². The molecule has 4 N–H and O–H groups in total. The summed E-state index contributed by atoms with van der Waals surface area (Å²) in [6, 6.07) is -2.22. The molecule has 8 heteroatoms. The molecule has 19 heavy (non-hydrogen) atoms. The maximum atomic E-state index is 11.9. The Morgan fingerprint density at radius 2 is 1.89 bits per heavy atom. The molecule has 2 atom stereocenters. The van der Waals surface area contributed by atoms with Crippen LogP contribution in [-0.4, -0.2) is 57.3 Å². The summed E-state index contributed by atoms with van der Waals surface area (Å²) >= 11 is 3.90. The number of carbonyl (C=O) groups excluding carboxylic acids is 1. The first-order chi connectivity index (χ1) is 8.84. The molecule has 0 rings (SSSR count). The summed E-state index contributed by atoms with van der Waals surface area (Å²) in [5.41, 5.74) is 5.29. The summed E-state index contributed by atoms with van der Waals surface area (Å²) in [5, 5.41) is 17.6. The summed E-state index contributed by atoms with van der Waals surface area (Å²) < 4.78 is 0. The average Bonchev–Trinajstić information content (AvgIpc) is 2.34. The monoisotopic (exact) mass is 290 g/mol. The van der Waals surface area contributed by atoms with Gasteiger partial charge in [-0.25, -0.2) is 4.79 Å². The third-order valence-electron chi connectivity index (χ3n) is 2.47.